The first-order chi connectivity index (χ1) is 9.74. The molecule has 3 rings (SSSR count). The lowest BCUT2D eigenvalue weighted by atomic mass is 10.0. The van der Waals surface area contributed by atoms with Crippen LogP contribution in [-0.2, 0) is 12.8 Å². The molecule has 0 N–H and O–H groups in total. The van der Waals surface area contributed by atoms with E-state index >= 15 is 0 Å². The quantitative estimate of drug-likeness (QED) is 0.618. The van der Waals surface area contributed by atoms with E-state index in [0.29, 0.717) is 0 Å². The normalized spacial score (nSPS) is 12.3. The second-order valence-electron chi connectivity index (χ2n) is 4.81. The number of fused-ring (bicyclic) bond motifs is 2. The molecule has 0 aromatic heterocycles. The van der Waals surface area contributed by atoms with Crippen LogP contribution in [0.3, 0.4) is 0 Å². The SMILES string of the molecule is C=C(C)c1ccc2c(c1)CCc1ccccc1S2.CC. The minimum atomic E-state index is 1.13. The minimum Gasteiger partial charge on any atom is -0.0955 e. The monoisotopic (exact) mass is 282 g/mol. The van der Waals surface area contributed by atoms with E-state index in [1.54, 1.807) is 0 Å². The summed E-state index contributed by atoms with van der Waals surface area (Å²) in [6, 6.07) is 15.5. The van der Waals surface area contributed by atoms with E-state index in [1.165, 1.54) is 26.5 Å². The Hall–Kier alpha value is -1.47. The molecule has 2 aromatic rings. The Morgan fingerprint density at radius 2 is 1.60 bits per heavy atom. The van der Waals surface area contributed by atoms with Crippen molar-refractivity contribution in [2.24, 2.45) is 0 Å². The molecule has 0 aliphatic carbocycles. The molecule has 1 aliphatic rings. The van der Waals surface area contributed by atoms with Crippen molar-refractivity contribution in [3.05, 3.63) is 65.7 Å². The van der Waals surface area contributed by atoms with Gasteiger partial charge in [-0.25, -0.2) is 0 Å². The summed E-state index contributed by atoms with van der Waals surface area (Å²) in [6.45, 7) is 10.1. The van der Waals surface area contributed by atoms with Crippen molar-refractivity contribution >= 4 is 17.3 Å². The molecule has 0 atom stereocenters. The molecule has 0 nitrogen and oxygen atoms in total. The molecule has 0 saturated carbocycles. The Kier molecular flexibility index (Phi) is 5.08. The molecule has 0 radical (unpaired) electrons. The van der Waals surface area contributed by atoms with Crippen molar-refractivity contribution in [3.63, 3.8) is 0 Å². The summed E-state index contributed by atoms with van der Waals surface area (Å²) < 4.78 is 0. The average Bonchev–Trinajstić information content (AvgIpc) is 2.67. The van der Waals surface area contributed by atoms with Crippen LogP contribution in [0, 0.1) is 0 Å². The summed E-state index contributed by atoms with van der Waals surface area (Å²) in [7, 11) is 0. The van der Waals surface area contributed by atoms with E-state index in [9.17, 15) is 0 Å². The predicted octanol–water partition coefficient (Wildman–Crippen LogP) is 6.00. The largest absolute Gasteiger partial charge is 0.0955 e. The number of benzene rings is 2. The third-order valence-corrected chi connectivity index (χ3v) is 4.65. The summed E-state index contributed by atoms with van der Waals surface area (Å²) in [5.74, 6) is 0. The van der Waals surface area contributed by atoms with Crippen molar-refractivity contribution in [2.45, 2.75) is 43.4 Å². The van der Waals surface area contributed by atoms with Crippen LogP contribution >= 0.6 is 11.8 Å². The van der Waals surface area contributed by atoms with E-state index in [2.05, 4.69) is 56.0 Å². The van der Waals surface area contributed by atoms with Crippen LogP contribution in [0.25, 0.3) is 5.57 Å². The number of hydrogen-bond acceptors (Lipinski definition) is 1. The lowest BCUT2D eigenvalue weighted by Crippen LogP contribution is -1.91. The van der Waals surface area contributed by atoms with Crippen molar-refractivity contribution < 1.29 is 0 Å². The topological polar surface area (TPSA) is 0 Å². The molecule has 0 amide bonds. The van der Waals surface area contributed by atoms with Gasteiger partial charge in [-0.2, -0.15) is 0 Å². The Labute approximate surface area is 126 Å². The zero-order chi connectivity index (χ0) is 14.5. The maximum atomic E-state index is 4.03. The molecule has 1 aliphatic heterocycles. The first-order valence-electron chi connectivity index (χ1n) is 7.28. The molecule has 1 heterocycles. The maximum Gasteiger partial charge on any atom is 0.0155 e. The van der Waals surface area contributed by atoms with Gasteiger partial charge in [0.2, 0.25) is 0 Å². The highest BCUT2D eigenvalue weighted by molar-refractivity contribution is 7.99. The minimum absolute atomic E-state index is 1.13. The fourth-order valence-corrected chi connectivity index (χ4v) is 3.45. The van der Waals surface area contributed by atoms with E-state index in [4.69, 9.17) is 0 Å². The van der Waals surface area contributed by atoms with Gasteiger partial charge < -0.3 is 0 Å². The zero-order valence-corrected chi connectivity index (χ0v) is 13.4. The lowest BCUT2D eigenvalue weighted by molar-refractivity contribution is 0.927. The van der Waals surface area contributed by atoms with Crippen molar-refractivity contribution in [1.29, 1.82) is 0 Å². The molecular formula is C19H22S. The van der Waals surface area contributed by atoms with Crippen LogP contribution in [0.4, 0.5) is 0 Å². The average molecular weight is 282 g/mol. The molecule has 20 heavy (non-hydrogen) atoms. The smallest absolute Gasteiger partial charge is 0.0155 e. The van der Waals surface area contributed by atoms with Crippen LogP contribution in [0.2, 0.25) is 0 Å². The molecule has 1 heteroatoms. The number of hydrogen-bond donors (Lipinski definition) is 0. The first-order valence-corrected chi connectivity index (χ1v) is 8.10. The van der Waals surface area contributed by atoms with Gasteiger partial charge in [-0.3, -0.25) is 0 Å². The lowest BCUT2D eigenvalue weighted by Gasteiger charge is -2.08. The Morgan fingerprint density at radius 3 is 2.35 bits per heavy atom. The van der Waals surface area contributed by atoms with Crippen LogP contribution in [0.1, 0.15) is 37.5 Å². The fraction of sp³-hybridized carbons (Fsp3) is 0.263. The Bertz CT molecular complexity index is 611. The summed E-state index contributed by atoms with van der Waals surface area (Å²) in [4.78, 5) is 2.80. The summed E-state index contributed by atoms with van der Waals surface area (Å²) in [5, 5.41) is 0. The molecule has 0 saturated heterocycles. The van der Waals surface area contributed by atoms with E-state index in [-0.39, 0.29) is 0 Å². The van der Waals surface area contributed by atoms with Gasteiger partial charge in [0, 0.05) is 9.79 Å². The van der Waals surface area contributed by atoms with Gasteiger partial charge in [-0.05, 0) is 48.6 Å². The van der Waals surface area contributed by atoms with Crippen LogP contribution in [-0.4, -0.2) is 0 Å². The van der Waals surface area contributed by atoms with Gasteiger partial charge in [0.25, 0.3) is 0 Å². The van der Waals surface area contributed by atoms with Gasteiger partial charge >= 0.3 is 0 Å². The molecule has 2 aromatic carbocycles. The molecule has 104 valence electrons. The van der Waals surface area contributed by atoms with Gasteiger partial charge in [0.1, 0.15) is 0 Å². The molecule has 0 spiro atoms. The van der Waals surface area contributed by atoms with Crippen LogP contribution in [0.5, 0.6) is 0 Å². The van der Waals surface area contributed by atoms with Crippen LogP contribution in [0.15, 0.2) is 58.8 Å². The predicted molar refractivity (Wildman–Crippen MR) is 90.5 cm³/mol. The van der Waals surface area contributed by atoms with Crippen LogP contribution < -0.4 is 0 Å². The van der Waals surface area contributed by atoms with Crippen molar-refractivity contribution in [2.75, 3.05) is 0 Å². The summed E-state index contributed by atoms with van der Waals surface area (Å²) >= 11 is 1.89. The highest BCUT2D eigenvalue weighted by Crippen LogP contribution is 2.37. The highest BCUT2D eigenvalue weighted by atomic mass is 32.2. The number of allylic oxidation sites excluding steroid dienone is 1. The third-order valence-electron chi connectivity index (χ3n) is 3.41. The second-order valence-corrected chi connectivity index (χ2v) is 5.90. The van der Waals surface area contributed by atoms with Crippen molar-refractivity contribution in [3.8, 4) is 0 Å². The fourth-order valence-electron chi connectivity index (χ4n) is 2.34. The molecule has 0 fully saturated rings. The van der Waals surface area contributed by atoms with Gasteiger partial charge in [-0.15, -0.1) is 0 Å². The zero-order valence-electron chi connectivity index (χ0n) is 12.6. The molecule has 0 unspecified atom stereocenters. The number of aryl methyl sites for hydroxylation is 2. The van der Waals surface area contributed by atoms with Gasteiger partial charge in [-0.1, -0.05) is 68.1 Å². The Morgan fingerprint density at radius 1 is 0.950 bits per heavy atom. The van der Waals surface area contributed by atoms with E-state index < -0.39 is 0 Å². The second kappa shape index (κ2) is 6.81. The summed E-state index contributed by atoms with van der Waals surface area (Å²) in [5.41, 5.74) is 5.33. The van der Waals surface area contributed by atoms with Gasteiger partial charge in [0.15, 0.2) is 0 Å². The molecule has 0 bridgehead atoms. The van der Waals surface area contributed by atoms with E-state index in [1.807, 2.05) is 25.6 Å². The van der Waals surface area contributed by atoms with E-state index in [0.717, 1.165) is 18.4 Å². The number of rotatable bonds is 1. The first kappa shape index (κ1) is 14.9. The highest BCUT2D eigenvalue weighted by Gasteiger charge is 2.13. The van der Waals surface area contributed by atoms with Gasteiger partial charge in [0.05, 0.1) is 0 Å². The summed E-state index contributed by atoms with van der Waals surface area (Å²) in [6.07, 6.45) is 2.26. The third kappa shape index (κ3) is 3.16. The maximum absolute atomic E-state index is 4.03. The Balaban J connectivity index is 0.000000704. The standard InChI is InChI=1S/C17H16S.C2H6/c1-12(2)14-9-10-17-15(11-14)8-7-13-5-3-4-6-16(13)18-17;1-2/h3-6,9-11H,1,7-8H2,2H3;1-2H3. The van der Waals surface area contributed by atoms with Crippen molar-refractivity contribution in [1.82, 2.24) is 0 Å². The molecular weight excluding hydrogens is 260 g/mol.